The van der Waals surface area contributed by atoms with Gasteiger partial charge < -0.3 is 9.64 Å². The molecule has 0 radical (unpaired) electrons. The fourth-order valence-electron chi connectivity index (χ4n) is 1.36. The molecule has 0 spiro atoms. The van der Waals surface area contributed by atoms with Gasteiger partial charge in [0.15, 0.2) is 5.17 Å². The molecule has 13 heavy (non-hydrogen) atoms. The van der Waals surface area contributed by atoms with Crippen molar-refractivity contribution in [1.29, 1.82) is 0 Å². The molecule has 1 aliphatic heterocycles. The van der Waals surface area contributed by atoms with Crippen LogP contribution in [0.4, 0.5) is 0 Å². The SMILES string of the molecule is COC1CC(C)N=C(SC)N1C.I. The summed E-state index contributed by atoms with van der Waals surface area (Å²) in [6.07, 6.45) is 3.22. The van der Waals surface area contributed by atoms with E-state index >= 15 is 0 Å². The lowest BCUT2D eigenvalue weighted by atomic mass is 10.2. The maximum atomic E-state index is 5.34. The predicted molar refractivity (Wildman–Crippen MR) is 69.0 cm³/mol. The van der Waals surface area contributed by atoms with E-state index in [1.54, 1.807) is 18.9 Å². The summed E-state index contributed by atoms with van der Waals surface area (Å²) in [4.78, 5) is 6.59. The lowest BCUT2D eigenvalue weighted by Crippen LogP contribution is -2.42. The molecular formula is C8H17IN2OS. The van der Waals surface area contributed by atoms with Crippen LogP contribution in [-0.4, -0.2) is 42.8 Å². The lowest BCUT2D eigenvalue weighted by Gasteiger charge is -2.34. The van der Waals surface area contributed by atoms with Gasteiger partial charge in [-0.25, -0.2) is 0 Å². The zero-order valence-corrected chi connectivity index (χ0v) is 11.6. The van der Waals surface area contributed by atoms with Crippen LogP contribution in [0.5, 0.6) is 0 Å². The van der Waals surface area contributed by atoms with Crippen molar-refractivity contribution in [3.8, 4) is 0 Å². The molecule has 1 heterocycles. The van der Waals surface area contributed by atoms with Gasteiger partial charge in [-0.05, 0) is 13.2 Å². The Labute approximate surface area is 101 Å². The first-order chi connectivity index (χ1) is 5.69. The normalized spacial score (nSPS) is 28.0. The first kappa shape index (κ1) is 13.5. The van der Waals surface area contributed by atoms with Gasteiger partial charge in [-0.3, -0.25) is 4.99 Å². The van der Waals surface area contributed by atoms with Crippen molar-refractivity contribution in [3.05, 3.63) is 0 Å². The molecular weight excluding hydrogens is 299 g/mol. The Bertz CT molecular complexity index is 189. The van der Waals surface area contributed by atoms with Gasteiger partial charge in [-0.2, -0.15) is 0 Å². The highest BCUT2D eigenvalue weighted by Gasteiger charge is 2.24. The van der Waals surface area contributed by atoms with Gasteiger partial charge in [0.05, 0.1) is 6.04 Å². The van der Waals surface area contributed by atoms with E-state index in [0.29, 0.717) is 6.04 Å². The molecule has 0 N–H and O–H groups in total. The van der Waals surface area contributed by atoms with Gasteiger partial charge in [0.25, 0.3) is 0 Å². The molecule has 1 aliphatic rings. The lowest BCUT2D eigenvalue weighted by molar-refractivity contribution is 0.00525. The van der Waals surface area contributed by atoms with Gasteiger partial charge >= 0.3 is 0 Å². The molecule has 3 nitrogen and oxygen atoms in total. The van der Waals surface area contributed by atoms with Crippen LogP contribution in [0.25, 0.3) is 0 Å². The molecule has 0 aliphatic carbocycles. The van der Waals surface area contributed by atoms with Crippen LogP contribution in [0.15, 0.2) is 4.99 Å². The van der Waals surface area contributed by atoms with E-state index in [1.807, 2.05) is 13.3 Å². The van der Waals surface area contributed by atoms with Crippen molar-refractivity contribution in [2.75, 3.05) is 20.4 Å². The maximum Gasteiger partial charge on any atom is 0.160 e. The Kier molecular flexibility index (Phi) is 6.32. The number of ether oxygens (including phenoxy) is 1. The molecule has 5 heteroatoms. The van der Waals surface area contributed by atoms with Crippen molar-refractivity contribution in [2.24, 2.45) is 4.99 Å². The Morgan fingerprint density at radius 2 is 2.23 bits per heavy atom. The molecule has 0 amide bonds. The monoisotopic (exact) mass is 316 g/mol. The Balaban J connectivity index is 0.00000144. The third kappa shape index (κ3) is 3.28. The highest BCUT2D eigenvalue weighted by Crippen LogP contribution is 2.20. The Morgan fingerprint density at radius 3 is 2.69 bits per heavy atom. The number of amidine groups is 1. The van der Waals surface area contributed by atoms with Crippen LogP contribution in [0, 0.1) is 0 Å². The summed E-state index contributed by atoms with van der Waals surface area (Å²) in [7, 11) is 3.77. The fraction of sp³-hybridized carbons (Fsp3) is 0.875. The quantitative estimate of drug-likeness (QED) is 0.692. The van der Waals surface area contributed by atoms with E-state index in [0.717, 1.165) is 11.6 Å². The van der Waals surface area contributed by atoms with E-state index in [9.17, 15) is 0 Å². The summed E-state index contributed by atoms with van der Waals surface area (Å²) in [5.74, 6) is 0. The molecule has 78 valence electrons. The minimum absolute atomic E-state index is 0. The first-order valence-corrected chi connectivity index (χ1v) is 5.29. The second-order valence-corrected chi connectivity index (χ2v) is 3.78. The summed E-state index contributed by atoms with van der Waals surface area (Å²) in [6, 6.07) is 0.383. The van der Waals surface area contributed by atoms with Gasteiger partial charge in [0.1, 0.15) is 6.23 Å². The summed E-state index contributed by atoms with van der Waals surface area (Å²) in [5, 5.41) is 1.07. The van der Waals surface area contributed by atoms with E-state index in [2.05, 4.69) is 16.8 Å². The number of thioether (sulfide) groups is 1. The summed E-state index contributed by atoms with van der Waals surface area (Å²) >= 11 is 1.67. The fourth-order valence-corrected chi connectivity index (χ4v) is 2.05. The van der Waals surface area contributed by atoms with Crippen LogP contribution in [-0.2, 0) is 4.74 Å². The molecule has 0 aromatic heterocycles. The average Bonchev–Trinajstić information content (AvgIpc) is 2.08. The number of aliphatic imine (C=N–C) groups is 1. The minimum atomic E-state index is 0. The van der Waals surface area contributed by atoms with Crippen molar-refractivity contribution in [3.63, 3.8) is 0 Å². The van der Waals surface area contributed by atoms with Gasteiger partial charge in [-0.15, -0.1) is 24.0 Å². The Hall–Kier alpha value is 0.510. The van der Waals surface area contributed by atoms with Crippen molar-refractivity contribution in [1.82, 2.24) is 4.90 Å². The molecule has 2 unspecified atom stereocenters. The molecule has 2 atom stereocenters. The van der Waals surface area contributed by atoms with E-state index < -0.39 is 0 Å². The number of rotatable bonds is 1. The van der Waals surface area contributed by atoms with Crippen LogP contribution < -0.4 is 0 Å². The van der Waals surface area contributed by atoms with Crippen molar-refractivity contribution < 1.29 is 4.74 Å². The van der Waals surface area contributed by atoms with E-state index in [4.69, 9.17) is 4.74 Å². The molecule has 1 rings (SSSR count). The van der Waals surface area contributed by atoms with Gasteiger partial charge in [0, 0.05) is 20.6 Å². The number of methoxy groups -OCH3 is 1. The molecule has 0 aromatic rings. The second kappa shape index (κ2) is 6.08. The minimum Gasteiger partial charge on any atom is -0.361 e. The van der Waals surface area contributed by atoms with Crippen molar-refractivity contribution >= 4 is 40.9 Å². The largest absolute Gasteiger partial charge is 0.361 e. The summed E-state index contributed by atoms with van der Waals surface area (Å²) in [6.45, 7) is 2.12. The topological polar surface area (TPSA) is 24.8 Å². The van der Waals surface area contributed by atoms with Gasteiger partial charge in [-0.1, -0.05) is 11.8 Å². The highest BCUT2D eigenvalue weighted by atomic mass is 127. The third-order valence-electron chi connectivity index (χ3n) is 2.06. The first-order valence-electron chi connectivity index (χ1n) is 4.06. The molecule has 0 aromatic carbocycles. The van der Waals surface area contributed by atoms with Gasteiger partial charge in [0.2, 0.25) is 0 Å². The zero-order valence-electron chi connectivity index (χ0n) is 8.48. The number of hydrogen-bond donors (Lipinski definition) is 0. The average molecular weight is 316 g/mol. The number of nitrogens with zero attached hydrogens (tertiary/aromatic N) is 2. The van der Waals surface area contributed by atoms with E-state index in [-0.39, 0.29) is 30.2 Å². The van der Waals surface area contributed by atoms with Crippen molar-refractivity contribution in [2.45, 2.75) is 25.6 Å². The smallest absolute Gasteiger partial charge is 0.160 e. The Morgan fingerprint density at radius 1 is 1.62 bits per heavy atom. The predicted octanol–water partition coefficient (Wildman–Crippen LogP) is 2.02. The summed E-state index contributed by atoms with van der Waals surface area (Å²) in [5.41, 5.74) is 0. The van der Waals surface area contributed by atoms with E-state index in [1.165, 1.54) is 0 Å². The second-order valence-electron chi connectivity index (χ2n) is 3.00. The third-order valence-corrected chi connectivity index (χ3v) is 2.82. The summed E-state index contributed by atoms with van der Waals surface area (Å²) < 4.78 is 5.34. The highest BCUT2D eigenvalue weighted by molar-refractivity contribution is 14.0. The molecule has 0 bridgehead atoms. The number of hydrogen-bond acceptors (Lipinski definition) is 4. The van der Waals surface area contributed by atoms with Crippen LogP contribution in [0.3, 0.4) is 0 Å². The van der Waals surface area contributed by atoms with Crippen LogP contribution in [0.1, 0.15) is 13.3 Å². The molecule has 0 saturated carbocycles. The van der Waals surface area contributed by atoms with Crippen LogP contribution >= 0.6 is 35.7 Å². The van der Waals surface area contributed by atoms with Crippen LogP contribution in [0.2, 0.25) is 0 Å². The standard InChI is InChI=1S/C8H16N2OS.HI/c1-6-5-7(11-3)10(2)8(9-6)12-4;/h6-7H,5H2,1-4H3;1H. The zero-order chi connectivity index (χ0) is 9.14. The molecule has 0 saturated heterocycles. The number of halogens is 1. The maximum absolute atomic E-state index is 5.34. The molecule has 0 fully saturated rings.